The highest BCUT2D eigenvalue weighted by Gasteiger charge is 2.35. The molecule has 0 saturated carbocycles. The molecule has 0 N–H and O–H groups in total. The van der Waals surface area contributed by atoms with Crippen LogP contribution in [0.5, 0.6) is 0 Å². The first-order valence-electron chi connectivity index (χ1n) is 6.63. The Hall–Kier alpha value is -2.18. The first-order chi connectivity index (χ1) is 10.1. The Labute approximate surface area is 119 Å². The second-order valence-corrected chi connectivity index (χ2v) is 4.85. The monoisotopic (exact) mass is 294 g/mol. The third-order valence-electron chi connectivity index (χ3n) is 3.47. The minimum atomic E-state index is -4.46. The van der Waals surface area contributed by atoms with Gasteiger partial charge in [-0.05, 0) is 31.0 Å². The molecule has 3 heterocycles. The number of halogens is 3. The van der Waals surface area contributed by atoms with Gasteiger partial charge in [-0.15, -0.1) is 0 Å². The summed E-state index contributed by atoms with van der Waals surface area (Å²) >= 11 is 0. The molecule has 1 aliphatic heterocycles. The van der Waals surface area contributed by atoms with Crippen molar-refractivity contribution in [1.29, 1.82) is 0 Å². The van der Waals surface area contributed by atoms with Gasteiger partial charge in [-0.3, -0.25) is 4.98 Å². The number of hydrogen-bond donors (Lipinski definition) is 0. The number of rotatable bonds is 2. The highest BCUT2D eigenvalue weighted by atomic mass is 19.4. The number of aromatic nitrogens is 3. The molecule has 7 heteroatoms. The summed E-state index contributed by atoms with van der Waals surface area (Å²) in [4.78, 5) is 13.7. The van der Waals surface area contributed by atoms with E-state index in [2.05, 4.69) is 15.0 Å². The maximum Gasteiger partial charge on any atom is 0.433 e. The molecule has 0 spiro atoms. The van der Waals surface area contributed by atoms with Gasteiger partial charge < -0.3 is 4.90 Å². The topological polar surface area (TPSA) is 41.9 Å². The molecule has 2 aromatic heterocycles. The van der Waals surface area contributed by atoms with Crippen molar-refractivity contribution >= 4 is 5.95 Å². The van der Waals surface area contributed by atoms with E-state index < -0.39 is 11.9 Å². The van der Waals surface area contributed by atoms with Gasteiger partial charge in [0.1, 0.15) is 5.69 Å². The van der Waals surface area contributed by atoms with Crippen LogP contribution in [0.1, 0.15) is 30.3 Å². The maximum atomic E-state index is 12.8. The van der Waals surface area contributed by atoms with E-state index in [0.717, 1.165) is 30.8 Å². The van der Waals surface area contributed by atoms with E-state index in [9.17, 15) is 13.2 Å². The summed E-state index contributed by atoms with van der Waals surface area (Å²) in [5.41, 5.74) is -0.0878. The number of pyridine rings is 1. The molecule has 1 saturated heterocycles. The molecule has 0 amide bonds. The highest BCUT2D eigenvalue weighted by molar-refractivity contribution is 5.37. The van der Waals surface area contributed by atoms with Crippen LogP contribution in [0.2, 0.25) is 0 Å². The first kappa shape index (κ1) is 13.8. The standard InChI is InChI=1S/C14H13F3N4/c15-14(16,17)12-6-8-19-13(20-12)21-9-3-5-11(21)10-4-1-2-7-18-10/h1-2,4,6-8,11H,3,5,9H2/t11-/m0/s1. The number of alkyl halides is 3. The predicted molar refractivity (Wildman–Crippen MR) is 70.6 cm³/mol. The molecule has 3 rings (SSSR count). The smallest absolute Gasteiger partial charge is 0.332 e. The molecule has 110 valence electrons. The minimum absolute atomic E-state index is 0.0744. The Morgan fingerprint density at radius 2 is 1.95 bits per heavy atom. The van der Waals surface area contributed by atoms with E-state index in [-0.39, 0.29) is 12.0 Å². The van der Waals surface area contributed by atoms with Crippen LogP contribution in [0.25, 0.3) is 0 Å². The summed E-state index contributed by atoms with van der Waals surface area (Å²) in [7, 11) is 0. The van der Waals surface area contributed by atoms with Gasteiger partial charge in [0.2, 0.25) is 5.95 Å². The first-order valence-corrected chi connectivity index (χ1v) is 6.63. The van der Waals surface area contributed by atoms with Crippen molar-refractivity contribution in [1.82, 2.24) is 15.0 Å². The van der Waals surface area contributed by atoms with Crippen LogP contribution in [-0.4, -0.2) is 21.5 Å². The molecule has 0 bridgehead atoms. The summed E-state index contributed by atoms with van der Waals surface area (Å²) in [5.74, 6) is 0.109. The Balaban J connectivity index is 1.93. The zero-order chi connectivity index (χ0) is 14.9. The molecule has 21 heavy (non-hydrogen) atoms. The fraction of sp³-hybridized carbons (Fsp3) is 0.357. The lowest BCUT2D eigenvalue weighted by molar-refractivity contribution is -0.141. The van der Waals surface area contributed by atoms with Gasteiger partial charge >= 0.3 is 6.18 Å². The average molecular weight is 294 g/mol. The minimum Gasteiger partial charge on any atom is -0.332 e. The third-order valence-corrected chi connectivity index (χ3v) is 3.47. The van der Waals surface area contributed by atoms with E-state index in [0.29, 0.717) is 6.54 Å². The molecular formula is C14H13F3N4. The van der Waals surface area contributed by atoms with E-state index in [1.165, 1.54) is 0 Å². The normalized spacial score (nSPS) is 19.0. The maximum absolute atomic E-state index is 12.8. The van der Waals surface area contributed by atoms with E-state index in [4.69, 9.17) is 0 Å². The number of nitrogens with zero attached hydrogens (tertiary/aromatic N) is 4. The molecule has 1 fully saturated rings. The quantitative estimate of drug-likeness (QED) is 0.852. The lowest BCUT2D eigenvalue weighted by atomic mass is 10.1. The van der Waals surface area contributed by atoms with Gasteiger partial charge in [0.15, 0.2) is 0 Å². The third kappa shape index (κ3) is 2.81. The second-order valence-electron chi connectivity index (χ2n) is 4.85. The van der Waals surface area contributed by atoms with Crippen LogP contribution in [-0.2, 0) is 6.18 Å². The Kier molecular flexibility index (Phi) is 3.48. The van der Waals surface area contributed by atoms with Crippen LogP contribution in [0, 0.1) is 0 Å². The Bertz CT molecular complexity index is 615. The Morgan fingerprint density at radius 1 is 1.10 bits per heavy atom. The molecule has 4 nitrogen and oxygen atoms in total. The SMILES string of the molecule is FC(F)(F)c1ccnc(N2CCC[C@H]2c2ccccn2)n1. The zero-order valence-electron chi connectivity index (χ0n) is 11.1. The molecule has 1 atom stereocenters. The summed E-state index contributed by atoms with van der Waals surface area (Å²) in [6.45, 7) is 0.628. The summed E-state index contributed by atoms with van der Waals surface area (Å²) in [5, 5.41) is 0. The van der Waals surface area contributed by atoms with Crippen LogP contribution in [0.15, 0.2) is 36.7 Å². The molecule has 0 aliphatic carbocycles. The summed E-state index contributed by atoms with van der Waals surface area (Å²) < 4.78 is 38.3. The molecule has 2 aromatic rings. The van der Waals surface area contributed by atoms with E-state index in [1.807, 2.05) is 18.2 Å². The molecule has 1 aliphatic rings. The Morgan fingerprint density at radius 3 is 2.67 bits per heavy atom. The van der Waals surface area contributed by atoms with E-state index in [1.54, 1.807) is 11.1 Å². The number of anilines is 1. The van der Waals surface area contributed by atoms with Crippen LogP contribution < -0.4 is 4.90 Å². The molecule has 0 unspecified atom stereocenters. The van der Waals surface area contributed by atoms with Gasteiger partial charge in [0, 0.05) is 18.9 Å². The highest BCUT2D eigenvalue weighted by Crippen LogP contribution is 2.35. The lowest BCUT2D eigenvalue weighted by Crippen LogP contribution is -2.26. The van der Waals surface area contributed by atoms with Gasteiger partial charge in [0.05, 0.1) is 11.7 Å². The second kappa shape index (κ2) is 5.31. The fourth-order valence-corrected chi connectivity index (χ4v) is 2.53. The predicted octanol–water partition coefficient (Wildman–Crippen LogP) is 3.23. The van der Waals surface area contributed by atoms with Crippen molar-refractivity contribution in [2.24, 2.45) is 0 Å². The van der Waals surface area contributed by atoms with Crippen LogP contribution in [0.4, 0.5) is 19.1 Å². The molecule has 0 radical (unpaired) electrons. The van der Waals surface area contributed by atoms with Gasteiger partial charge in [-0.2, -0.15) is 13.2 Å². The van der Waals surface area contributed by atoms with Gasteiger partial charge in [-0.1, -0.05) is 6.07 Å². The summed E-state index contributed by atoms with van der Waals surface area (Å²) in [6, 6.07) is 6.36. The van der Waals surface area contributed by atoms with E-state index >= 15 is 0 Å². The van der Waals surface area contributed by atoms with Gasteiger partial charge in [0.25, 0.3) is 0 Å². The zero-order valence-corrected chi connectivity index (χ0v) is 11.1. The lowest BCUT2D eigenvalue weighted by Gasteiger charge is -2.24. The largest absolute Gasteiger partial charge is 0.433 e. The molecule has 0 aromatic carbocycles. The van der Waals surface area contributed by atoms with Crippen molar-refractivity contribution < 1.29 is 13.2 Å². The van der Waals surface area contributed by atoms with Crippen molar-refractivity contribution in [2.45, 2.75) is 25.1 Å². The molecular weight excluding hydrogens is 281 g/mol. The summed E-state index contributed by atoms with van der Waals surface area (Å²) in [6.07, 6.45) is 0.0765. The van der Waals surface area contributed by atoms with Crippen molar-refractivity contribution in [3.05, 3.63) is 48.0 Å². The fourth-order valence-electron chi connectivity index (χ4n) is 2.53. The van der Waals surface area contributed by atoms with Crippen LogP contribution >= 0.6 is 0 Å². The van der Waals surface area contributed by atoms with Crippen LogP contribution in [0.3, 0.4) is 0 Å². The number of hydrogen-bond acceptors (Lipinski definition) is 4. The van der Waals surface area contributed by atoms with Gasteiger partial charge in [-0.25, -0.2) is 9.97 Å². The van der Waals surface area contributed by atoms with Crippen molar-refractivity contribution in [3.8, 4) is 0 Å². The van der Waals surface area contributed by atoms with Crippen molar-refractivity contribution in [3.63, 3.8) is 0 Å². The van der Waals surface area contributed by atoms with Crippen molar-refractivity contribution in [2.75, 3.05) is 11.4 Å². The average Bonchev–Trinajstić information content (AvgIpc) is 2.97.